The smallest absolute Gasteiger partial charge is 0.302 e. The van der Waals surface area contributed by atoms with Gasteiger partial charge in [-0.15, -0.1) is 0 Å². The largest absolute Gasteiger partial charge is 0.463 e. The molecule has 1 heterocycles. The third-order valence-corrected chi connectivity index (χ3v) is 1.21. The Balaban J connectivity index is 2.13. The molecule has 1 aliphatic heterocycles. The maximum absolute atomic E-state index is 10.3. The molecule has 0 N–H and O–H groups in total. The van der Waals surface area contributed by atoms with Gasteiger partial charge in [-0.05, 0) is 0 Å². The number of hydrogen-bond acceptors (Lipinski definition) is 3. The van der Waals surface area contributed by atoms with Crippen LogP contribution in [-0.4, -0.2) is 25.3 Å². The fourth-order valence-corrected chi connectivity index (χ4v) is 0.745. The van der Waals surface area contributed by atoms with E-state index in [1.807, 2.05) is 12.2 Å². The first-order valence-electron chi connectivity index (χ1n) is 3.20. The first-order chi connectivity index (χ1) is 4.79. The van der Waals surface area contributed by atoms with Crippen molar-refractivity contribution in [2.24, 2.45) is 0 Å². The second kappa shape index (κ2) is 3.37. The summed E-state index contributed by atoms with van der Waals surface area (Å²) in [5, 5.41) is 0. The molecule has 10 heavy (non-hydrogen) atoms. The highest BCUT2D eigenvalue weighted by molar-refractivity contribution is 5.65. The number of hydrogen-bond donors (Lipinski definition) is 0. The summed E-state index contributed by atoms with van der Waals surface area (Å²) >= 11 is 0. The zero-order chi connectivity index (χ0) is 7.40. The average molecular weight is 142 g/mol. The molecule has 1 rings (SSSR count). The summed E-state index contributed by atoms with van der Waals surface area (Å²) in [6.07, 6.45) is 3.78. The van der Waals surface area contributed by atoms with E-state index in [0.717, 1.165) is 0 Å². The van der Waals surface area contributed by atoms with E-state index in [2.05, 4.69) is 0 Å². The zero-order valence-corrected chi connectivity index (χ0v) is 5.87. The van der Waals surface area contributed by atoms with Crippen LogP contribution in [-0.2, 0) is 14.3 Å². The quantitative estimate of drug-likeness (QED) is 0.416. The molecule has 3 heteroatoms. The van der Waals surface area contributed by atoms with Gasteiger partial charge in [0, 0.05) is 6.92 Å². The molecule has 0 radical (unpaired) electrons. The highest BCUT2D eigenvalue weighted by Gasteiger charge is 2.09. The molecule has 56 valence electrons. The van der Waals surface area contributed by atoms with Crippen LogP contribution in [0.3, 0.4) is 0 Å². The Hall–Kier alpha value is -0.830. The van der Waals surface area contributed by atoms with Crippen molar-refractivity contribution in [3.63, 3.8) is 0 Å². The Kier molecular flexibility index (Phi) is 2.45. The van der Waals surface area contributed by atoms with Gasteiger partial charge in [-0.1, -0.05) is 12.2 Å². The lowest BCUT2D eigenvalue weighted by molar-refractivity contribution is -0.143. The molecule has 0 bridgehead atoms. The average Bonchev–Trinajstić information content (AvgIpc) is 2.34. The van der Waals surface area contributed by atoms with Crippen LogP contribution < -0.4 is 0 Å². The van der Waals surface area contributed by atoms with Gasteiger partial charge in [-0.3, -0.25) is 4.79 Å². The van der Waals surface area contributed by atoms with E-state index in [-0.39, 0.29) is 12.1 Å². The Morgan fingerprint density at radius 1 is 1.90 bits per heavy atom. The summed E-state index contributed by atoms with van der Waals surface area (Å²) in [6.45, 7) is 2.36. The molecule has 0 spiro atoms. The van der Waals surface area contributed by atoms with Crippen molar-refractivity contribution in [2.45, 2.75) is 13.0 Å². The maximum Gasteiger partial charge on any atom is 0.302 e. The highest BCUT2D eigenvalue weighted by Crippen LogP contribution is 2.02. The van der Waals surface area contributed by atoms with E-state index in [0.29, 0.717) is 13.2 Å². The number of rotatable bonds is 2. The highest BCUT2D eigenvalue weighted by atomic mass is 16.6. The Morgan fingerprint density at radius 2 is 2.70 bits per heavy atom. The molecule has 0 aromatic heterocycles. The number of esters is 1. The predicted molar refractivity (Wildman–Crippen MR) is 35.5 cm³/mol. The molecule has 1 unspecified atom stereocenters. The molecule has 0 fully saturated rings. The Morgan fingerprint density at radius 3 is 3.20 bits per heavy atom. The molecule has 0 saturated carbocycles. The molecule has 0 aromatic rings. The predicted octanol–water partition coefficient (Wildman–Crippen LogP) is 0.504. The topological polar surface area (TPSA) is 35.5 Å². The van der Waals surface area contributed by atoms with Crippen LogP contribution in [0, 0.1) is 0 Å². The molecule has 3 nitrogen and oxygen atoms in total. The monoisotopic (exact) mass is 142 g/mol. The summed E-state index contributed by atoms with van der Waals surface area (Å²) in [5.74, 6) is -0.260. The van der Waals surface area contributed by atoms with E-state index in [1.54, 1.807) is 0 Å². The standard InChI is InChI=1S/C7H10O3/c1-6(8)10-5-7-3-2-4-9-7/h2-3,7H,4-5H2,1H3. The zero-order valence-electron chi connectivity index (χ0n) is 5.87. The van der Waals surface area contributed by atoms with Crippen molar-refractivity contribution in [1.82, 2.24) is 0 Å². The number of carbonyl (C=O) groups is 1. The summed E-state index contributed by atoms with van der Waals surface area (Å²) in [7, 11) is 0. The Bertz CT molecular complexity index is 151. The van der Waals surface area contributed by atoms with E-state index in [1.165, 1.54) is 6.92 Å². The van der Waals surface area contributed by atoms with Crippen molar-refractivity contribution >= 4 is 5.97 Å². The van der Waals surface area contributed by atoms with Crippen LogP contribution in [0.25, 0.3) is 0 Å². The minimum atomic E-state index is -0.260. The second-order valence-corrected chi connectivity index (χ2v) is 2.10. The fourth-order valence-electron chi connectivity index (χ4n) is 0.745. The third-order valence-electron chi connectivity index (χ3n) is 1.21. The van der Waals surface area contributed by atoms with Crippen molar-refractivity contribution in [1.29, 1.82) is 0 Å². The lowest BCUT2D eigenvalue weighted by Crippen LogP contribution is -2.15. The molecule has 0 aromatic carbocycles. The normalized spacial score (nSPS) is 23.1. The van der Waals surface area contributed by atoms with Crippen LogP contribution in [0.2, 0.25) is 0 Å². The van der Waals surface area contributed by atoms with E-state index in [9.17, 15) is 4.79 Å². The minimum absolute atomic E-state index is 0.0242. The summed E-state index contributed by atoms with van der Waals surface area (Å²) in [5.41, 5.74) is 0. The lowest BCUT2D eigenvalue weighted by Gasteiger charge is -2.06. The second-order valence-electron chi connectivity index (χ2n) is 2.10. The van der Waals surface area contributed by atoms with Gasteiger partial charge >= 0.3 is 5.97 Å². The summed E-state index contributed by atoms with van der Waals surface area (Å²) in [4.78, 5) is 10.3. The summed E-state index contributed by atoms with van der Waals surface area (Å²) < 4.78 is 9.83. The first kappa shape index (κ1) is 7.28. The van der Waals surface area contributed by atoms with Gasteiger partial charge in [-0.2, -0.15) is 0 Å². The lowest BCUT2D eigenvalue weighted by atomic mass is 10.4. The number of ether oxygens (including phenoxy) is 2. The maximum atomic E-state index is 10.3. The molecule has 0 amide bonds. The van der Waals surface area contributed by atoms with Crippen LogP contribution in [0.5, 0.6) is 0 Å². The molecule has 0 saturated heterocycles. The van der Waals surface area contributed by atoms with E-state index >= 15 is 0 Å². The summed E-state index contributed by atoms with van der Waals surface area (Å²) in [6, 6.07) is 0. The van der Waals surface area contributed by atoms with Crippen LogP contribution >= 0.6 is 0 Å². The van der Waals surface area contributed by atoms with Crippen LogP contribution in [0.1, 0.15) is 6.92 Å². The van der Waals surface area contributed by atoms with E-state index in [4.69, 9.17) is 9.47 Å². The van der Waals surface area contributed by atoms with Crippen molar-refractivity contribution in [2.75, 3.05) is 13.2 Å². The fraction of sp³-hybridized carbons (Fsp3) is 0.571. The van der Waals surface area contributed by atoms with E-state index < -0.39 is 0 Å². The van der Waals surface area contributed by atoms with Gasteiger partial charge in [0.15, 0.2) is 0 Å². The van der Waals surface area contributed by atoms with Gasteiger partial charge in [0.25, 0.3) is 0 Å². The number of carbonyl (C=O) groups excluding carboxylic acids is 1. The Labute approximate surface area is 59.6 Å². The van der Waals surface area contributed by atoms with Gasteiger partial charge < -0.3 is 9.47 Å². The third kappa shape index (κ3) is 2.19. The van der Waals surface area contributed by atoms with Crippen LogP contribution in [0.4, 0.5) is 0 Å². The van der Waals surface area contributed by atoms with Gasteiger partial charge in [0.1, 0.15) is 12.7 Å². The molecular weight excluding hydrogens is 132 g/mol. The first-order valence-corrected chi connectivity index (χ1v) is 3.20. The molecular formula is C7H10O3. The SMILES string of the molecule is CC(=O)OCC1C=CCO1. The van der Waals surface area contributed by atoms with Gasteiger partial charge in [0.2, 0.25) is 0 Å². The van der Waals surface area contributed by atoms with Crippen molar-refractivity contribution < 1.29 is 14.3 Å². The van der Waals surface area contributed by atoms with Crippen molar-refractivity contribution in [3.8, 4) is 0 Å². The minimum Gasteiger partial charge on any atom is -0.463 e. The molecule has 1 atom stereocenters. The van der Waals surface area contributed by atoms with Gasteiger partial charge in [-0.25, -0.2) is 0 Å². The van der Waals surface area contributed by atoms with Gasteiger partial charge in [0.05, 0.1) is 6.61 Å². The van der Waals surface area contributed by atoms with Crippen LogP contribution in [0.15, 0.2) is 12.2 Å². The van der Waals surface area contributed by atoms with Crippen molar-refractivity contribution in [3.05, 3.63) is 12.2 Å². The molecule has 0 aliphatic carbocycles. The molecule has 1 aliphatic rings.